The van der Waals surface area contributed by atoms with E-state index in [0.29, 0.717) is 29.3 Å². The first kappa shape index (κ1) is 18.8. The van der Waals surface area contributed by atoms with Gasteiger partial charge < -0.3 is 10.6 Å². The Hall–Kier alpha value is -3.53. The number of pyridine rings is 1. The van der Waals surface area contributed by atoms with E-state index in [1.807, 2.05) is 64.8 Å². The maximum absolute atomic E-state index is 12.5. The highest BCUT2D eigenvalue weighted by molar-refractivity contribution is 6.60. The van der Waals surface area contributed by atoms with Gasteiger partial charge in [0.05, 0.1) is 5.57 Å². The first-order valence-corrected chi connectivity index (χ1v) is 9.35. The van der Waals surface area contributed by atoms with Crippen molar-refractivity contribution in [1.82, 2.24) is 19.9 Å². The second kappa shape index (κ2) is 7.14. The number of nitrogens with two attached hydrogens (primary N) is 1. The van der Waals surface area contributed by atoms with Crippen LogP contribution in [-0.4, -0.2) is 61.1 Å². The van der Waals surface area contributed by atoms with Crippen LogP contribution in [0.25, 0.3) is 22.3 Å². The summed E-state index contributed by atoms with van der Waals surface area (Å²) in [6.45, 7) is 0.590. The van der Waals surface area contributed by atoms with Gasteiger partial charge in [0.25, 0.3) is 5.91 Å². The lowest BCUT2D eigenvalue weighted by molar-refractivity contribution is -0.125. The normalized spacial score (nSPS) is 13.9. The van der Waals surface area contributed by atoms with Crippen molar-refractivity contribution < 1.29 is 4.79 Å². The maximum atomic E-state index is 12.5. The van der Waals surface area contributed by atoms with Crippen molar-refractivity contribution in [2.24, 2.45) is 0 Å². The molecule has 1 amide bonds. The molecular weight excluding hydrogens is 359 g/mol. The quantitative estimate of drug-likeness (QED) is 0.453. The minimum Gasteiger partial charge on any atom is -0.382 e. The molecule has 0 fully saturated rings. The predicted octanol–water partition coefficient (Wildman–Crippen LogP) is -1.10. The van der Waals surface area contributed by atoms with Gasteiger partial charge in [-0.15, -0.1) is 0 Å². The minimum atomic E-state index is -0.221. The van der Waals surface area contributed by atoms with Crippen molar-refractivity contribution >= 4 is 46.2 Å². The van der Waals surface area contributed by atoms with Gasteiger partial charge >= 0.3 is 0 Å². The summed E-state index contributed by atoms with van der Waals surface area (Å²) in [5, 5.41) is 0.619. The van der Waals surface area contributed by atoms with Crippen LogP contribution >= 0.6 is 0 Å². The van der Waals surface area contributed by atoms with E-state index in [1.54, 1.807) is 12.4 Å². The summed E-state index contributed by atoms with van der Waals surface area (Å²) in [6, 6.07) is 9.44. The number of nitrogens with zero attached hydrogens (tertiary/aromatic N) is 4. The highest BCUT2D eigenvalue weighted by atomic mass is 16.2. The molecule has 1 aliphatic rings. The van der Waals surface area contributed by atoms with Crippen LogP contribution in [0.15, 0.2) is 54.4 Å². The summed E-state index contributed by atoms with van der Waals surface area (Å²) in [5.74, 6) is 7.00. The van der Waals surface area contributed by atoms with Gasteiger partial charge in [-0.1, -0.05) is 24.0 Å². The number of anilines is 1. The molecule has 1 aliphatic heterocycles. The topological polar surface area (TPSA) is 85.0 Å². The molecule has 0 spiro atoms. The number of nitrogen functional groups attached to an aromatic ring is 1. The molecule has 4 rings (SSSR count). The Kier molecular flexibility index (Phi) is 4.63. The summed E-state index contributed by atoms with van der Waals surface area (Å²) in [5.41, 5.74) is 8.71. The highest BCUT2D eigenvalue weighted by Crippen LogP contribution is 2.22. The van der Waals surface area contributed by atoms with Crippen LogP contribution in [0.2, 0.25) is 0 Å². The van der Waals surface area contributed by atoms with Crippen molar-refractivity contribution in [3.8, 4) is 23.2 Å². The van der Waals surface area contributed by atoms with Crippen molar-refractivity contribution in [2.75, 3.05) is 12.3 Å². The van der Waals surface area contributed by atoms with E-state index in [0.717, 1.165) is 16.5 Å². The van der Waals surface area contributed by atoms with Crippen LogP contribution < -0.4 is 5.73 Å². The van der Waals surface area contributed by atoms with Gasteiger partial charge in [0.15, 0.2) is 5.82 Å². The van der Waals surface area contributed by atoms with E-state index in [-0.39, 0.29) is 11.1 Å². The van der Waals surface area contributed by atoms with Crippen molar-refractivity contribution in [3.05, 3.63) is 59.9 Å². The lowest BCUT2D eigenvalue weighted by atomic mass is 9.48. The van der Waals surface area contributed by atoms with Crippen LogP contribution in [0, 0.1) is 11.8 Å². The third-order valence-corrected chi connectivity index (χ3v) is 4.75. The molecule has 0 saturated heterocycles. The fourth-order valence-electron chi connectivity index (χ4n) is 3.17. The number of rotatable bonds is 2. The van der Waals surface area contributed by atoms with E-state index >= 15 is 0 Å². The standard InChI is InChI=1S/C20H18B3N5O/c21-20(22,23)28-9-7-13(19(28)29)5-4-12-2-1-3-14(10-12)18-26-11-15-6-8-25-17(24)16(15)27-18/h1-3,6-8,10-11H,9,21-23H2,(H2,24,25). The third-order valence-electron chi connectivity index (χ3n) is 4.75. The summed E-state index contributed by atoms with van der Waals surface area (Å²) in [6.07, 6.45) is 5.25. The molecule has 0 radical (unpaired) electrons. The SMILES string of the molecule is BC(B)(B)N1CC=C(C#Cc2cccc(-c3ncc4ccnc(N)c4n3)c2)C1=O. The Bertz CT molecular complexity index is 1220. The number of benzene rings is 1. The molecule has 29 heavy (non-hydrogen) atoms. The zero-order valence-corrected chi connectivity index (χ0v) is 16.6. The zero-order chi connectivity index (χ0) is 20.6. The molecule has 138 valence electrons. The van der Waals surface area contributed by atoms with Gasteiger partial charge in [-0.3, -0.25) is 4.79 Å². The van der Waals surface area contributed by atoms with Crippen LogP contribution in [0.5, 0.6) is 0 Å². The Balaban J connectivity index is 1.62. The number of carbonyl (C=O) groups excluding carboxylic acids is 1. The zero-order valence-electron chi connectivity index (χ0n) is 16.6. The number of hydrogen-bond acceptors (Lipinski definition) is 5. The number of hydrogen-bond donors (Lipinski definition) is 1. The smallest absolute Gasteiger partial charge is 0.260 e. The Morgan fingerprint density at radius 1 is 1.14 bits per heavy atom. The molecule has 2 N–H and O–H groups in total. The maximum Gasteiger partial charge on any atom is 0.260 e. The molecule has 2 aromatic heterocycles. The summed E-state index contributed by atoms with van der Waals surface area (Å²) < 4.78 is 0. The van der Waals surface area contributed by atoms with Gasteiger partial charge in [0, 0.05) is 35.5 Å². The first-order valence-electron chi connectivity index (χ1n) is 9.35. The average Bonchev–Trinajstić information content (AvgIpc) is 3.07. The summed E-state index contributed by atoms with van der Waals surface area (Å²) >= 11 is 0. The Morgan fingerprint density at radius 2 is 1.97 bits per heavy atom. The fourth-order valence-corrected chi connectivity index (χ4v) is 3.17. The van der Waals surface area contributed by atoms with Crippen LogP contribution in [0.3, 0.4) is 0 Å². The monoisotopic (exact) mass is 377 g/mol. The van der Waals surface area contributed by atoms with E-state index in [1.165, 1.54) is 0 Å². The largest absolute Gasteiger partial charge is 0.382 e. The Morgan fingerprint density at radius 3 is 2.72 bits per heavy atom. The molecule has 3 aromatic rings. The lowest BCUT2D eigenvalue weighted by Crippen LogP contribution is -2.51. The molecule has 6 nitrogen and oxygen atoms in total. The van der Waals surface area contributed by atoms with Gasteiger partial charge in [0.2, 0.25) is 0 Å². The predicted molar refractivity (Wildman–Crippen MR) is 122 cm³/mol. The van der Waals surface area contributed by atoms with Crippen molar-refractivity contribution in [3.63, 3.8) is 0 Å². The number of fused-ring (bicyclic) bond motifs is 1. The molecule has 3 heterocycles. The average molecular weight is 377 g/mol. The third kappa shape index (κ3) is 3.74. The fraction of sp³-hybridized carbons (Fsp3) is 0.100. The number of aromatic nitrogens is 3. The highest BCUT2D eigenvalue weighted by Gasteiger charge is 2.31. The van der Waals surface area contributed by atoms with E-state index in [2.05, 4.69) is 26.8 Å². The number of carbonyl (C=O) groups is 1. The molecule has 0 saturated carbocycles. The first-order chi connectivity index (χ1) is 13.8. The number of amides is 1. The van der Waals surface area contributed by atoms with Crippen LogP contribution in [-0.2, 0) is 4.79 Å². The molecule has 1 aromatic carbocycles. The van der Waals surface area contributed by atoms with Gasteiger partial charge in [-0.2, -0.15) is 0 Å². The molecule has 9 heteroatoms. The summed E-state index contributed by atoms with van der Waals surface area (Å²) in [7, 11) is 6.05. The van der Waals surface area contributed by atoms with E-state index in [9.17, 15) is 4.79 Å². The molecule has 0 bridgehead atoms. The van der Waals surface area contributed by atoms with E-state index < -0.39 is 0 Å². The van der Waals surface area contributed by atoms with Crippen LogP contribution in [0.4, 0.5) is 5.82 Å². The molecular formula is C20H18B3N5O. The Labute approximate surface area is 171 Å². The minimum absolute atomic E-state index is 0.0259. The van der Waals surface area contributed by atoms with Crippen molar-refractivity contribution in [2.45, 2.75) is 5.24 Å². The van der Waals surface area contributed by atoms with Gasteiger partial charge in [-0.25, -0.2) is 15.0 Å². The van der Waals surface area contributed by atoms with Crippen molar-refractivity contribution in [1.29, 1.82) is 0 Å². The second-order valence-corrected chi connectivity index (χ2v) is 7.86. The lowest BCUT2D eigenvalue weighted by Gasteiger charge is -2.32. The van der Waals surface area contributed by atoms with Crippen LogP contribution in [0.1, 0.15) is 5.56 Å². The second-order valence-electron chi connectivity index (χ2n) is 7.86. The molecule has 0 unspecified atom stereocenters. The molecule has 0 aliphatic carbocycles. The van der Waals surface area contributed by atoms with Gasteiger partial charge in [-0.05, 0) is 29.5 Å². The summed E-state index contributed by atoms with van der Waals surface area (Å²) in [4.78, 5) is 27.4. The molecule has 0 atom stereocenters. The van der Waals surface area contributed by atoms with Gasteiger partial charge in [0.1, 0.15) is 34.9 Å². The van der Waals surface area contributed by atoms with E-state index in [4.69, 9.17) is 5.73 Å².